The SMILES string of the molecule is C[C@H](NC(=O)c1ccco1)C(=O)N(Cc1ccc(F)cc1)CC1CC1. The lowest BCUT2D eigenvalue weighted by atomic mass is 10.1. The van der Waals surface area contributed by atoms with Gasteiger partial charge in [-0.05, 0) is 55.5 Å². The van der Waals surface area contributed by atoms with Crippen molar-refractivity contribution in [3.63, 3.8) is 0 Å². The van der Waals surface area contributed by atoms with Gasteiger partial charge < -0.3 is 14.6 Å². The van der Waals surface area contributed by atoms with Crippen LogP contribution < -0.4 is 5.32 Å². The van der Waals surface area contributed by atoms with Crippen molar-refractivity contribution in [3.8, 4) is 0 Å². The minimum Gasteiger partial charge on any atom is -0.459 e. The molecule has 6 heteroatoms. The van der Waals surface area contributed by atoms with Crippen LogP contribution in [0.1, 0.15) is 35.9 Å². The van der Waals surface area contributed by atoms with E-state index in [0.29, 0.717) is 19.0 Å². The number of amides is 2. The molecule has 3 rings (SSSR count). The number of carbonyl (C=O) groups is 2. The van der Waals surface area contributed by atoms with Crippen molar-refractivity contribution in [1.29, 1.82) is 0 Å². The molecule has 2 aromatic rings. The van der Waals surface area contributed by atoms with Crippen LogP contribution in [0.4, 0.5) is 4.39 Å². The average molecular weight is 344 g/mol. The Morgan fingerprint density at radius 1 is 1.28 bits per heavy atom. The van der Waals surface area contributed by atoms with Crippen molar-refractivity contribution < 1.29 is 18.4 Å². The maximum Gasteiger partial charge on any atom is 0.287 e. The number of nitrogens with one attached hydrogen (secondary N) is 1. The molecule has 1 N–H and O–H groups in total. The molecule has 0 spiro atoms. The molecule has 5 nitrogen and oxygen atoms in total. The first kappa shape index (κ1) is 17.2. The molecule has 1 aliphatic carbocycles. The fourth-order valence-corrected chi connectivity index (χ4v) is 2.67. The molecular formula is C19H21FN2O3. The highest BCUT2D eigenvalue weighted by atomic mass is 19.1. The van der Waals surface area contributed by atoms with Crippen molar-refractivity contribution in [2.45, 2.75) is 32.4 Å². The highest BCUT2D eigenvalue weighted by molar-refractivity contribution is 5.95. The fourth-order valence-electron chi connectivity index (χ4n) is 2.67. The summed E-state index contributed by atoms with van der Waals surface area (Å²) < 4.78 is 18.1. The monoisotopic (exact) mass is 344 g/mol. The average Bonchev–Trinajstić information content (AvgIpc) is 3.24. The van der Waals surface area contributed by atoms with E-state index in [-0.39, 0.29) is 17.5 Å². The van der Waals surface area contributed by atoms with Crippen LogP contribution in [0.15, 0.2) is 47.1 Å². The Bertz CT molecular complexity index is 724. The summed E-state index contributed by atoms with van der Waals surface area (Å²) in [7, 11) is 0. The van der Waals surface area contributed by atoms with Crippen molar-refractivity contribution in [3.05, 3.63) is 59.8 Å². The van der Waals surface area contributed by atoms with E-state index in [4.69, 9.17) is 4.42 Å². The summed E-state index contributed by atoms with van der Waals surface area (Å²) in [6.07, 6.45) is 3.63. The Labute approximate surface area is 145 Å². The maximum atomic E-state index is 13.1. The second-order valence-electron chi connectivity index (χ2n) is 6.46. The van der Waals surface area contributed by atoms with Gasteiger partial charge in [0.25, 0.3) is 5.91 Å². The zero-order valence-corrected chi connectivity index (χ0v) is 14.1. The van der Waals surface area contributed by atoms with Crippen LogP contribution in [0.3, 0.4) is 0 Å². The largest absolute Gasteiger partial charge is 0.459 e. The zero-order valence-electron chi connectivity index (χ0n) is 14.1. The molecule has 1 atom stereocenters. The number of hydrogen-bond acceptors (Lipinski definition) is 3. The van der Waals surface area contributed by atoms with Crippen LogP contribution in [0, 0.1) is 11.7 Å². The Balaban J connectivity index is 1.65. The summed E-state index contributed by atoms with van der Waals surface area (Å²) in [5, 5.41) is 2.67. The van der Waals surface area contributed by atoms with Gasteiger partial charge >= 0.3 is 0 Å². The molecule has 0 radical (unpaired) electrons. The van der Waals surface area contributed by atoms with E-state index in [1.807, 2.05) is 0 Å². The summed E-state index contributed by atoms with van der Waals surface area (Å²) in [6, 6.07) is 8.62. The van der Waals surface area contributed by atoms with Gasteiger partial charge in [0.05, 0.1) is 6.26 Å². The number of rotatable bonds is 7. The van der Waals surface area contributed by atoms with Crippen LogP contribution >= 0.6 is 0 Å². The summed E-state index contributed by atoms with van der Waals surface area (Å²) in [5.74, 6) is -0.192. The second-order valence-corrected chi connectivity index (χ2v) is 6.46. The number of halogens is 1. The maximum absolute atomic E-state index is 13.1. The quantitative estimate of drug-likeness (QED) is 0.840. The molecule has 1 aliphatic rings. The van der Waals surface area contributed by atoms with Gasteiger partial charge in [-0.3, -0.25) is 9.59 Å². The lowest BCUT2D eigenvalue weighted by Crippen LogP contribution is -2.47. The predicted octanol–water partition coefficient (Wildman–Crippen LogP) is 2.98. The van der Waals surface area contributed by atoms with Crippen molar-refractivity contribution in [2.24, 2.45) is 5.92 Å². The van der Waals surface area contributed by atoms with Gasteiger partial charge in [0.15, 0.2) is 5.76 Å². The Morgan fingerprint density at radius 3 is 2.60 bits per heavy atom. The standard InChI is InChI=1S/C19H21FN2O3/c1-13(21-18(23)17-3-2-10-25-17)19(24)22(11-14-4-5-14)12-15-6-8-16(20)9-7-15/h2-3,6-10,13-14H,4-5,11-12H2,1H3,(H,21,23)/t13-/m0/s1. The van der Waals surface area contributed by atoms with E-state index in [1.54, 1.807) is 36.1 Å². The van der Waals surface area contributed by atoms with E-state index in [1.165, 1.54) is 18.4 Å². The first-order valence-electron chi connectivity index (χ1n) is 8.40. The first-order valence-corrected chi connectivity index (χ1v) is 8.40. The van der Waals surface area contributed by atoms with Crippen molar-refractivity contribution >= 4 is 11.8 Å². The highest BCUT2D eigenvalue weighted by Gasteiger charge is 2.29. The Morgan fingerprint density at radius 2 is 2.00 bits per heavy atom. The number of hydrogen-bond donors (Lipinski definition) is 1. The lowest BCUT2D eigenvalue weighted by Gasteiger charge is -2.26. The van der Waals surface area contributed by atoms with Gasteiger partial charge in [0, 0.05) is 13.1 Å². The summed E-state index contributed by atoms with van der Waals surface area (Å²) in [6.45, 7) is 2.71. The third kappa shape index (κ3) is 4.68. The molecule has 2 amide bonds. The number of nitrogens with zero attached hydrogens (tertiary/aromatic N) is 1. The highest BCUT2D eigenvalue weighted by Crippen LogP contribution is 2.30. The zero-order chi connectivity index (χ0) is 17.8. The molecule has 1 saturated carbocycles. The molecule has 0 saturated heterocycles. The van der Waals surface area contributed by atoms with Crippen LogP contribution in [0.2, 0.25) is 0 Å². The number of benzene rings is 1. The molecule has 1 aromatic heterocycles. The summed E-state index contributed by atoms with van der Waals surface area (Å²) in [5.41, 5.74) is 0.861. The lowest BCUT2D eigenvalue weighted by molar-refractivity contribution is -0.133. The predicted molar refractivity (Wildman–Crippen MR) is 90.2 cm³/mol. The van der Waals surface area contributed by atoms with E-state index in [2.05, 4.69) is 5.32 Å². The van der Waals surface area contributed by atoms with Crippen molar-refractivity contribution in [1.82, 2.24) is 10.2 Å². The summed E-state index contributed by atoms with van der Waals surface area (Å²) in [4.78, 5) is 26.6. The number of furan rings is 1. The molecular weight excluding hydrogens is 323 g/mol. The van der Waals surface area contributed by atoms with Crippen LogP contribution in [0.5, 0.6) is 0 Å². The van der Waals surface area contributed by atoms with E-state index in [9.17, 15) is 14.0 Å². The van der Waals surface area contributed by atoms with Crippen LogP contribution in [-0.2, 0) is 11.3 Å². The Kier molecular flexibility index (Phi) is 5.16. The second kappa shape index (κ2) is 7.51. The topological polar surface area (TPSA) is 62.6 Å². The van der Waals surface area contributed by atoms with Crippen LogP contribution in [-0.4, -0.2) is 29.3 Å². The molecule has 25 heavy (non-hydrogen) atoms. The summed E-state index contributed by atoms with van der Waals surface area (Å²) >= 11 is 0. The van der Waals surface area contributed by atoms with Crippen molar-refractivity contribution in [2.75, 3.05) is 6.54 Å². The van der Waals surface area contributed by atoms with Gasteiger partial charge in [0.2, 0.25) is 5.91 Å². The van der Waals surface area contributed by atoms with Gasteiger partial charge in [-0.15, -0.1) is 0 Å². The number of carbonyl (C=O) groups excluding carboxylic acids is 2. The van der Waals surface area contributed by atoms with Gasteiger partial charge in [0.1, 0.15) is 11.9 Å². The van der Waals surface area contributed by atoms with E-state index >= 15 is 0 Å². The fraction of sp³-hybridized carbons (Fsp3) is 0.368. The van der Waals surface area contributed by atoms with E-state index < -0.39 is 11.9 Å². The first-order chi connectivity index (χ1) is 12.0. The third-order valence-corrected chi connectivity index (χ3v) is 4.24. The van der Waals surface area contributed by atoms with Crippen LogP contribution in [0.25, 0.3) is 0 Å². The van der Waals surface area contributed by atoms with Gasteiger partial charge in [-0.2, -0.15) is 0 Å². The van der Waals surface area contributed by atoms with E-state index in [0.717, 1.165) is 18.4 Å². The molecule has 1 heterocycles. The molecule has 1 aromatic carbocycles. The minimum absolute atomic E-state index is 0.156. The third-order valence-electron chi connectivity index (χ3n) is 4.24. The molecule has 0 bridgehead atoms. The van der Waals surface area contributed by atoms with Gasteiger partial charge in [-0.1, -0.05) is 12.1 Å². The Hall–Kier alpha value is -2.63. The van der Waals surface area contributed by atoms with Gasteiger partial charge in [-0.25, -0.2) is 4.39 Å². The molecule has 0 unspecified atom stereocenters. The minimum atomic E-state index is -0.670. The smallest absolute Gasteiger partial charge is 0.287 e. The normalized spacial score (nSPS) is 14.8. The molecule has 0 aliphatic heterocycles. The molecule has 1 fully saturated rings. The molecule has 132 valence electrons.